The van der Waals surface area contributed by atoms with Crippen molar-refractivity contribution in [2.75, 3.05) is 11.5 Å². The van der Waals surface area contributed by atoms with E-state index < -0.39 is 12.0 Å². The summed E-state index contributed by atoms with van der Waals surface area (Å²) in [6.07, 6.45) is 0. The number of hydrogen-bond acceptors (Lipinski definition) is 3. The van der Waals surface area contributed by atoms with Crippen molar-refractivity contribution in [2.45, 2.75) is 19.9 Å². The average molecular weight is 371 g/mol. The van der Waals surface area contributed by atoms with Crippen molar-refractivity contribution in [3.8, 4) is 0 Å². The van der Waals surface area contributed by atoms with Gasteiger partial charge in [0.25, 0.3) is 0 Å². The molecule has 134 valence electrons. The largest absolute Gasteiger partial charge is 0.463 e. The van der Waals surface area contributed by atoms with Gasteiger partial charge in [0.1, 0.15) is 0 Å². The number of para-hydroxylation sites is 1. The van der Waals surface area contributed by atoms with Crippen LogP contribution in [0.4, 0.5) is 10.5 Å². The number of carbonyl (C=O) groups excluding carboxylic acids is 2. The molecule has 1 aliphatic rings. The highest BCUT2D eigenvalue weighted by atomic mass is 35.5. The highest BCUT2D eigenvalue weighted by Crippen LogP contribution is 2.36. The summed E-state index contributed by atoms with van der Waals surface area (Å²) in [5.41, 5.74) is 2.20. The number of nitrogens with zero attached hydrogens (tertiary/aromatic N) is 1. The summed E-state index contributed by atoms with van der Waals surface area (Å²) in [6.45, 7) is 3.72. The van der Waals surface area contributed by atoms with Crippen LogP contribution in [-0.4, -0.2) is 18.6 Å². The first kappa shape index (κ1) is 18.0. The number of esters is 1. The van der Waals surface area contributed by atoms with Crippen LogP contribution in [0, 0.1) is 0 Å². The Hall–Kier alpha value is -2.79. The predicted molar refractivity (Wildman–Crippen MR) is 101 cm³/mol. The van der Waals surface area contributed by atoms with E-state index >= 15 is 0 Å². The van der Waals surface area contributed by atoms with Gasteiger partial charge in [-0.3, -0.25) is 4.90 Å². The maximum absolute atomic E-state index is 12.8. The summed E-state index contributed by atoms with van der Waals surface area (Å²) in [4.78, 5) is 27.0. The van der Waals surface area contributed by atoms with Crippen LogP contribution in [0.25, 0.3) is 0 Å². The summed E-state index contributed by atoms with van der Waals surface area (Å²) >= 11 is 6.31. The zero-order valence-electron chi connectivity index (χ0n) is 14.5. The monoisotopic (exact) mass is 370 g/mol. The van der Waals surface area contributed by atoms with Crippen molar-refractivity contribution in [2.24, 2.45) is 0 Å². The molecule has 1 heterocycles. The van der Waals surface area contributed by atoms with Crippen LogP contribution in [0.1, 0.15) is 25.5 Å². The van der Waals surface area contributed by atoms with E-state index in [-0.39, 0.29) is 12.6 Å². The van der Waals surface area contributed by atoms with E-state index in [1.165, 1.54) is 4.90 Å². The van der Waals surface area contributed by atoms with E-state index in [0.29, 0.717) is 27.5 Å². The van der Waals surface area contributed by atoms with Crippen LogP contribution in [-0.2, 0) is 9.53 Å². The topological polar surface area (TPSA) is 58.6 Å². The quantitative estimate of drug-likeness (QED) is 0.809. The molecule has 26 heavy (non-hydrogen) atoms. The van der Waals surface area contributed by atoms with E-state index in [1.54, 1.807) is 32.0 Å². The second kappa shape index (κ2) is 7.62. The standard InChI is InChI=1S/C20H19ClN2O3/c1-3-26-19(24)17-13(2)23(14-9-5-4-6-10-14)20(25)22-18(17)15-11-7-8-12-16(15)21/h4-12,18H,3H2,1-2H3,(H,22,25)/t18-/m1/s1. The minimum atomic E-state index is -0.671. The van der Waals surface area contributed by atoms with Crippen molar-refractivity contribution < 1.29 is 14.3 Å². The molecule has 0 fully saturated rings. The van der Waals surface area contributed by atoms with Crippen LogP contribution < -0.4 is 10.2 Å². The molecule has 0 saturated carbocycles. The smallest absolute Gasteiger partial charge is 0.338 e. The maximum Gasteiger partial charge on any atom is 0.338 e. The van der Waals surface area contributed by atoms with Crippen molar-refractivity contribution in [1.82, 2.24) is 5.32 Å². The first-order valence-electron chi connectivity index (χ1n) is 8.32. The molecule has 0 aliphatic carbocycles. The number of benzene rings is 2. The zero-order chi connectivity index (χ0) is 18.7. The van der Waals surface area contributed by atoms with E-state index in [9.17, 15) is 9.59 Å². The lowest BCUT2D eigenvalue weighted by atomic mass is 9.94. The normalized spacial score (nSPS) is 17.1. The summed E-state index contributed by atoms with van der Waals surface area (Å²) in [6, 6.07) is 15.3. The van der Waals surface area contributed by atoms with Gasteiger partial charge in [-0.05, 0) is 37.6 Å². The molecule has 3 rings (SSSR count). The minimum Gasteiger partial charge on any atom is -0.463 e. The fraction of sp³-hybridized carbons (Fsp3) is 0.200. The Kier molecular flexibility index (Phi) is 5.28. The second-order valence-electron chi connectivity index (χ2n) is 5.79. The molecule has 0 radical (unpaired) electrons. The minimum absolute atomic E-state index is 0.240. The van der Waals surface area contributed by atoms with Gasteiger partial charge in [0.15, 0.2) is 0 Å². The van der Waals surface area contributed by atoms with Crippen LogP contribution >= 0.6 is 11.6 Å². The van der Waals surface area contributed by atoms with Crippen LogP contribution in [0.3, 0.4) is 0 Å². The molecule has 0 aromatic heterocycles. The number of rotatable bonds is 4. The van der Waals surface area contributed by atoms with Gasteiger partial charge in [-0.1, -0.05) is 48.0 Å². The average Bonchev–Trinajstić information content (AvgIpc) is 2.62. The number of urea groups is 1. The Morgan fingerprint density at radius 3 is 2.46 bits per heavy atom. The van der Waals surface area contributed by atoms with Gasteiger partial charge in [0, 0.05) is 10.7 Å². The summed E-state index contributed by atoms with van der Waals surface area (Å²) in [5.74, 6) is -0.476. The van der Waals surface area contributed by atoms with Crippen molar-refractivity contribution in [1.29, 1.82) is 0 Å². The van der Waals surface area contributed by atoms with Gasteiger partial charge in [-0.25, -0.2) is 9.59 Å². The van der Waals surface area contributed by atoms with Crippen molar-refractivity contribution in [3.05, 3.63) is 76.5 Å². The molecule has 5 nitrogen and oxygen atoms in total. The van der Waals surface area contributed by atoms with Crippen molar-refractivity contribution >= 4 is 29.3 Å². The van der Waals surface area contributed by atoms with Gasteiger partial charge >= 0.3 is 12.0 Å². The second-order valence-corrected chi connectivity index (χ2v) is 6.20. The predicted octanol–water partition coefficient (Wildman–Crippen LogP) is 4.45. The zero-order valence-corrected chi connectivity index (χ0v) is 15.3. The number of carbonyl (C=O) groups is 2. The van der Waals surface area contributed by atoms with Crippen LogP contribution in [0.15, 0.2) is 65.9 Å². The highest BCUT2D eigenvalue weighted by molar-refractivity contribution is 6.31. The number of hydrogen-bond donors (Lipinski definition) is 1. The Morgan fingerprint density at radius 2 is 1.81 bits per heavy atom. The third-order valence-electron chi connectivity index (χ3n) is 4.21. The highest BCUT2D eigenvalue weighted by Gasteiger charge is 2.37. The molecule has 2 aromatic rings. The lowest BCUT2D eigenvalue weighted by Gasteiger charge is -2.35. The molecule has 2 aromatic carbocycles. The van der Waals surface area contributed by atoms with Gasteiger partial charge in [0.2, 0.25) is 0 Å². The van der Waals surface area contributed by atoms with Gasteiger partial charge in [-0.15, -0.1) is 0 Å². The molecular weight excluding hydrogens is 352 g/mol. The third kappa shape index (κ3) is 3.30. The first-order chi connectivity index (χ1) is 12.5. The summed E-state index contributed by atoms with van der Waals surface area (Å²) < 4.78 is 5.24. The van der Waals surface area contributed by atoms with E-state index in [4.69, 9.17) is 16.3 Å². The molecule has 1 N–H and O–H groups in total. The fourth-order valence-corrected chi connectivity index (χ4v) is 3.29. The van der Waals surface area contributed by atoms with Gasteiger partial charge < -0.3 is 10.1 Å². The molecular formula is C20H19ClN2O3. The number of nitrogens with one attached hydrogen (secondary N) is 1. The van der Waals surface area contributed by atoms with E-state index in [1.807, 2.05) is 36.4 Å². The van der Waals surface area contributed by atoms with Crippen LogP contribution in [0.2, 0.25) is 5.02 Å². The van der Waals surface area contributed by atoms with E-state index in [2.05, 4.69) is 5.32 Å². The maximum atomic E-state index is 12.8. The molecule has 1 atom stereocenters. The number of halogens is 1. The molecule has 0 unspecified atom stereocenters. The lowest BCUT2D eigenvalue weighted by Crippen LogP contribution is -2.48. The number of anilines is 1. The van der Waals surface area contributed by atoms with Gasteiger partial charge in [0.05, 0.1) is 23.9 Å². The Balaban J connectivity index is 2.15. The molecule has 0 saturated heterocycles. The number of allylic oxidation sites excluding steroid dienone is 1. The Labute approximate surface area is 157 Å². The molecule has 6 heteroatoms. The lowest BCUT2D eigenvalue weighted by molar-refractivity contribution is -0.139. The van der Waals surface area contributed by atoms with Crippen LogP contribution in [0.5, 0.6) is 0 Å². The first-order valence-corrected chi connectivity index (χ1v) is 8.70. The summed E-state index contributed by atoms with van der Waals surface area (Å²) in [7, 11) is 0. The molecule has 0 bridgehead atoms. The van der Waals surface area contributed by atoms with E-state index in [0.717, 1.165) is 0 Å². The van der Waals surface area contributed by atoms with Crippen molar-refractivity contribution in [3.63, 3.8) is 0 Å². The molecule has 0 spiro atoms. The number of ether oxygens (including phenoxy) is 1. The molecule has 2 amide bonds. The SMILES string of the molecule is CCOC(=O)C1=C(C)N(c2ccccc2)C(=O)N[C@@H]1c1ccccc1Cl. The summed E-state index contributed by atoms with van der Waals surface area (Å²) in [5, 5.41) is 3.36. The molecule has 1 aliphatic heterocycles. The Bertz CT molecular complexity index is 864. The number of amides is 2. The third-order valence-corrected chi connectivity index (χ3v) is 4.55. The fourth-order valence-electron chi connectivity index (χ4n) is 3.05. The Morgan fingerprint density at radius 1 is 1.15 bits per heavy atom. The van der Waals surface area contributed by atoms with Gasteiger partial charge in [-0.2, -0.15) is 0 Å².